The van der Waals surface area contributed by atoms with Crippen molar-refractivity contribution in [3.05, 3.63) is 23.7 Å². The fourth-order valence-electron chi connectivity index (χ4n) is 2.11. The van der Waals surface area contributed by atoms with Crippen LogP contribution in [0.2, 0.25) is 0 Å². The second-order valence-corrected chi connectivity index (χ2v) is 5.44. The molecule has 0 unspecified atom stereocenters. The van der Waals surface area contributed by atoms with Gasteiger partial charge in [0.2, 0.25) is 0 Å². The van der Waals surface area contributed by atoms with Gasteiger partial charge in [0, 0.05) is 31.5 Å². The molecule has 6 heteroatoms. The molecule has 0 aliphatic rings. The van der Waals surface area contributed by atoms with E-state index < -0.39 is 5.97 Å². The lowest BCUT2D eigenvalue weighted by molar-refractivity contribution is 0.0697. The number of aromatic nitrogens is 4. The van der Waals surface area contributed by atoms with E-state index in [9.17, 15) is 9.90 Å². The molecule has 0 radical (unpaired) electrons. The second-order valence-electron chi connectivity index (χ2n) is 5.44. The largest absolute Gasteiger partial charge is 0.478 e. The summed E-state index contributed by atoms with van der Waals surface area (Å²) in [7, 11) is 1.81. The summed E-state index contributed by atoms with van der Waals surface area (Å²) in [6.45, 7) is 6.84. The number of rotatable bonds is 5. The third-order valence-electron chi connectivity index (χ3n) is 3.20. The zero-order valence-electron chi connectivity index (χ0n) is 12.3. The van der Waals surface area contributed by atoms with Crippen LogP contribution in [0.5, 0.6) is 0 Å². The number of hydrogen-bond acceptors (Lipinski definition) is 3. The normalized spacial score (nSPS) is 11.2. The summed E-state index contributed by atoms with van der Waals surface area (Å²) in [5.41, 5.74) is 2.27. The molecule has 0 aliphatic heterocycles. The van der Waals surface area contributed by atoms with Crippen molar-refractivity contribution < 1.29 is 9.90 Å². The Bertz CT molecular complexity index is 625. The fraction of sp³-hybridized carbons (Fsp3) is 0.500. The Morgan fingerprint density at radius 1 is 1.35 bits per heavy atom. The fourth-order valence-corrected chi connectivity index (χ4v) is 2.11. The number of carboxylic acids is 1. The zero-order valence-corrected chi connectivity index (χ0v) is 12.3. The van der Waals surface area contributed by atoms with Crippen molar-refractivity contribution >= 4 is 5.97 Å². The van der Waals surface area contributed by atoms with E-state index in [4.69, 9.17) is 0 Å². The summed E-state index contributed by atoms with van der Waals surface area (Å²) in [6.07, 6.45) is 4.37. The standard InChI is InChI=1S/C14H20N4O2/c1-9(2)5-6-18-8-12(14(19)20)13(16-18)11-7-17(4)15-10(11)3/h7-9H,5-6H2,1-4H3,(H,19,20). The summed E-state index contributed by atoms with van der Waals surface area (Å²) in [4.78, 5) is 11.4. The van der Waals surface area contributed by atoms with Crippen LogP contribution in [0.3, 0.4) is 0 Å². The molecule has 2 aromatic rings. The molecule has 2 aromatic heterocycles. The maximum absolute atomic E-state index is 11.4. The summed E-state index contributed by atoms with van der Waals surface area (Å²) < 4.78 is 3.38. The van der Waals surface area contributed by atoms with E-state index in [1.54, 1.807) is 21.8 Å². The minimum absolute atomic E-state index is 0.227. The molecule has 20 heavy (non-hydrogen) atoms. The smallest absolute Gasteiger partial charge is 0.339 e. The van der Waals surface area contributed by atoms with Gasteiger partial charge in [-0.2, -0.15) is 10.2 Å². The molecule has 1 N–H and O–H groups in total. The minimum Gasteiger partial charge on any atom is -0.478 e. The molecule has 0 spiro atoms. The first kappa shape index (κ1) is 14.3. The highest BCUT2D eigenvalue weighted by Gasteiger charge is 2.20. The van der Waals surface area contributed by atoms with Crippen molar-refractivity contribution in [2.45, 2.75) is 33.7 Å². The highest BCUT2D eigenvalue weighted by atomic mass is 16.4. The topological polar surface area (TPSA) is 72.9 Å². The van der Waals surface area contributed by atoms with Crippen molar-refractivity contribution in [2.24, 2.45) is 13.0 Å². The lowest BCUT2D eigenvalue weighted by atomic mass is 10.1. The highest BCUT2D eigenvalue weighted by molar-refractivity contribution is 5.94. The van der Waals surface area contributed by atoms with Gasteiger partial charge in [-0.1, -0.05) is 13.8 Å². The van der Waals surface area contributed by atoms with Gasteiger partial charge in [0.15, 0.2) is 0 Å². The summed E-state index contributed by atoms with van der Waals surface area (Å²) in [5, 5.41) is 18.0. The predicted octanol–water partition coefficient (Wildman–Crippen LogP) is 2.34. The average Bonchev–Trinajstić information content (AvgIpc) is 2.89. The van der Waals surface area contributed by atoms with Crippen LogP contribution in [-0.4, -0.2) is 30.6 Å². The molecule has 0 saturated heterocycles. The van der Waals surface area contributed by atoms with Crippen molar-refractivity contribution in [3.8, 4) is 11.3 Å². The molecular weight excluding hydrogens is 256 g/mol. The molecule has 2 heterocycles. The average molecular weight is 276 g/mol. The quantitative estimate of drug-likeness (QED) is 0.909. The van der Waals surface area contributed by atoms with E-state index in [0.29, 0.717) is 11.6 Å². The number of nitrogens with zero attached hydrogens (tertiary/aromatic N) is 4. The van der Waals surface area contributed by atoms with Gasteiger partial charge in [-0.3, -0.25) is 9.36 Å². The van der Waals surface area contributed by atoms with Crippen LogP contribution in [0.1, 0.15) is 36.3 Å². The van der Waals surface area contributed by atoms with Gasteiger partial charge in [0.25, 0.3) is 0 Å². The molecule has 0 bridgehead atoms. The van der Waals surface area contributed by atoms with Crippen LogP contribution in [-0.2, 0) is 13.6 Å². The molecule has 2 rings (SSSR count). The molecule has 0 aromatic carbocycles. The SMILES string of the molecule is Cc1nn(C)cc1-c1nn(CCC(C)C)cc1C(=O)O. The zero-order chi connectivity index (χ0) is 14.9. The maximum Gasteiger partial charge on any atom is 0.339 e. The molecule has 0 aliphatic carbocycles. The Morgan fingerprint density at radius 3 is 2.55 bits per heavy atom. The highest BCUT2D eigenvalue weighted by Crippen LogP contribution is 2.25. The first-order chi connectivity index (χ1) is 9.38. The first-order valence-electron chi connectivity index (χ1n) is 6.70. The Kier molecular flexibility index (Phi) is 3.92. The van der Waals surface area contributed by atoms with E-state index in [2.05, 4.69) is 24.0 Å². The van der Waals surface area contributed by atoms with Crippen LogP contribution in [0.4, 0.5) is 0 Å². The van der Waals surface area contributed by atoms with E-state index in [0.717, 1.165) is 24.2 Å². The Morgan fingerprint density at radius 2 is 2.05 bits per heavy atom. The molecular formula is C14H20N4O2. The summed E-state index contributed by atoms with van der Waals surface area (Å²) in [6, 6.07) is 0. The third-order valence-corrected chi connectivity index (χ3v) is 3.20. The van der Waals surface area contributed by atoms with Gasteiger partial charge >= 0.3 is 5.97 Å². The second kappa shape index (κ2) is 5.48. The summed E-state index contributed by atoms with van der Waals surface area (Å²) in [5.74, 6) is -0.407. The monoisotopic (exact) mass is 276 g/mol. The number of carboxylic acid groups (broad SMARTS) is 1. The van der Waals surface area contributed by atoms with Gasteiger partial charge in [0.05, 0.1) is 5.69 Å². The van der Waals surface area contributed by atoms with Crippen molar-refractivity contribution in [1.82, 2.24) is 19.6 Å². The van der Waals surface area contributed by atoms with E-state index >= 15 is 0 Å². The Hall–Kier alpha value is -2.11. The first-order valence-corrected chi connectivity index (χ1v) is 6.70. The van der Waals surface area contributed by atoms with E-state index in [1.165, 1.54) is 0 Å². The summed E-state index contributed by atoms with van der Waals surface area (Å²) >= 11 is 0. The van der Waals surface area contributed by atoms with Crippen LogP contribution in [0.15, 0.2) is 12.4 Å². The van der Waals surface area contributed by atoms with Crippen LogP contribution >= 0.6 is 0 Å². The Balaban J connectivity index is 2.41. The molecule has 0 atom stereocenters. The molecule has 0 fully saturated rings. The van der Waals surface area contributed by atoms with Crippen molar-refractivity contribution in [3.63, 3.8) is 0 Å². The Labute approximate surface area is 118 Å². The predicted molar refractivity (Wildman–Crippen MR) is 75.6 cm³/mol. The van der Waals surface area contributed by atoms with Gasteiger partial charge in [-0.15, -0.1) is 0 Å². The number of carbonyl (C=O) groups is 1. The van der Waals surface area contributed by atoms with Gasteiger partial charge < -0.3 is 5.11 Å². The molecule has 0 amide bonds. The van der Waals surface area contributed by atoms with Crippen LogP contribution in [0.25, 0.3) is 11.3 Å². The van der Waals surface area contributed by atoms with Crippen molar-refractivity contribution in [1.29, 1.82) is 0 Å². The van der Waals surface area contributed by atoms with Gasteiger partial charge in [-0.25, -0.2) is 4.79 Å². The lowest BCUT2D eigenvalue weighted by Crippen LogP contribution is -2.02. The number of hydrogen-bond donors (Lipinski definition) is 1. The molecule has 0 saturated carbocycles. The third kappa shape index (κ3) is 2.89. The van der Waals surface area contributed by atoms with E-state index in [-0.39, 0.29) is 5.56 Å². The number of aryl methyl sites for hydroxylation is 3. The van der Waals surface area contributed by atoms with Gasteiger partial charge in [0.1, 0.15) is 11.3 Å². The minimum atomic E-state index is -0.959. The lowest BCUT2D eigenvalue weighted by Gasteiger charge is -2.03. The van der Waals surface area contributed by atoms with Crippen LogP contribution in [0, 0.1) is 12.8 Å². The van der Waals surface area contributed by atoms with Crippen LogP contribution < -0.4 is 0 Å². The maximum atomic E-state index is 11.4. The van der Waals surface area contributed by atoms with Crippen molar-refractivity contribution in [2.75, 3.05) is 0 Å². The number of aromatic carboxylic acids is 1. The molecule has 6 nitrogen and oxygen atoms in total. The van der Waals surface area contributed by atoms with Gasteiger partial charge in [-0.05, 0) is 19.3 Å². The molecule has 108 valence electrons. The van der Waals surface area contributed by atoms with E-state index in [1.807, 2.05) is 14.0 Å².